The number of aliphatic imine (C=N–C) groups is 2. The normalized spacial score (nSPS) is 16.8. The second-order valence-corrected chi connectivity index (χ2v) is 5.66. The second-order valence-electron chi connectivity index (χ2n) is 5.66. The topological polar surface area (TPSA) is 109 Å². The van der Waals surface area contributed by atoms with Crippen LogP contribution in [0.4, 0.5) is 11.4 Å². The number of rotatable bonds is 5. The number of nitrogens with zero attached hydrogens (tertiary/aromatic N) is 3. The number of nitrogens with two attached hydrogens (primary N) is 2. The van der Waals surface area contributed by atoms with Gasteiger partial charge in [0.05, 0.1) is 6.54 Å². The van der Waals surface area contributed by atoms with E-state index in [0.717, 1.165) is 11.4 Å². The van der Waals surface area contributed by atoms with Crippen molar-refractivity contribution >= 4 is 29.1 Å². The molecular formula is C18H20N6O. The Morgan fingerprint density at radius 3 is 2.44 bits per heavy atom. The minimum absolute atomic E-state index is 0.0374. The van der Waals surface area contributed by atoms with Gasteiger partial charge in [-0.15, -0.1) is 0 Å². The molecule has 0 amide bonds. The highest BCUT2D eigenvalue weighted by Crippen LogP contribution is 2.20. The van der Waals surface area contributed by atoms with Crippen LogP contribution in [0.15, 0.2) is 64.6 Å². The number of Topliss-reactive ketones (excluding diaryl/α,β-unsaturated/α-hetero) is 1. The van der Waals surface area contributed by atoms with Gasteiger partial charge in [0.1, 0.15) is 6.17 Å². The molecule has 1 atom stereocenters. The fraction of sp³-hybridized carbons (Fsp3) is 0.167. The van der Waals surface area contributed by atoms with Crippen LogP contribution in [0.5, 0.6) is 0 Å². The van der Waals surface area contributed by atoms with Gasteiger partial charge in [-0.3, -0.25) is 9.69 Å². The van der Waals surface area contributed by atoms with Gasteiger partial charge in [0.15, 0.2) is 5.78 Å². The molecule has 2 aromatic carbocycles. The molecular weight excluding hydrogens is 316 g/mol. The molecule has 128 valence electrons. The molecule has 7 nitrogen and oxygen atoms in total. The van der Waals surface area contributed by atoms with E-state index in [1.54, 1.807) is 19.1 Å². The van der Waals surface area contributed by atoms with Crippen LogP contribution in [0.1, 0.15) is 17.3 Å². The minimum Gasteiger partial charge on any atom is -0.381 e. The van der Waals surface area contributed by atoms with E-state index in [0.29, 0.717) is 18.1 Å². The molecule has 5 N–H and O–H groups in total. The molecule has 2 aromatic rings. The first-order chi connectivity index (χ1) is 12.0. The van der Waals surface area contributed by atoms with Crippen LogP contribution in [-0.2, 0) is 0 Å². The van der Waals surface area contributed by atoms with E-state index < -0.39 is 0 Å². The molecule has 0 aromatic heterocycles. The highest BCUT2D eigenvalue weighted by atomic mass is 16.1. The Labute approximate surface area is 146 Å². The van der Waals surface area contributed by atoms with Gasteiger partial charge in [0.25, 0.3) is 0 Å². The molecule has 0 saturated carbocycles. The monoisotopic (exact) mass is 336 g/mol. The zero-order chi connectivity index (χ0) is 17.8. The third-order valence-electron chi connectivity index (χ3n) is 3.87. The maximum absolute atomic E-state index is 11.3. The van der Waals surface area contributed by atoms with Gasteiger partial charge in [-0.2, -0.15) is 4.99 Å². The van der Waals surface area contributed by atoms with Gasteiger partial charge in [0.2, 0.25) is 11.9 Å². The minimum atomic E-state index is -0.326. The predicted octanol–water partition coefficient (Wildman–Crippen LogP) is 1.78. The van der Waals surface area contributed by atoms with E-state index in [2.05, 4.69) is 15.3 Å². The molecule has 1 heterocycles. The van der Waals surface area contributed by atoms with Crippen molar-refractivity contribution in [1.29, 1.82) is 0 Å². The Balaban J connectivity index is 1.77. The lowest BCUT2D eigenvalue weighted by atomic mass is 10.1. The summed E-state index contributed by atoms with van der Waals surface area (Å²) in [6, 6.07) is 16.9. The van der Waals surface area contributed by atoms with Crippen molar-refractivity contribution in [2.24, 2.45) is 21.5 Å². The van der Waals surface area contributed by atoms with Gasteiger partial charge in [-0.1, -0.05) is 18.2 Å². The molecule has 0 aliphatic carbocycles. The summed E-state index contributed by atoms with van der Waals surface area (Å²) in [5, 5.41) is 3.30. The number of hydrogen-bond donors (Lipinski definition) is 3. The van der Waals surface area contributed by atoms with Crippen LogP contribution in [0, 0.1) is 0 Å². The number of carbonyl (C=O) groups excluding carboxylic acids is 1. The van der Waals surface area contributed by atoms with E-state index >= 15 is 0 Å². The predicted molar refractivity (Wildman–Crippen MR) is 101 cm³/mol. The van der Waals surface area contributed by atoms with Crippen LogP contribution in [0.25, 0.3) is 0 Å². The summed E-state index contributed by atoms with van der Waals surface area (Å²) in [5.74, 6) is 0.497. The van der Waals surface area contributed by atoms with Crippen molar-refractivity contribution < 1.29 is 4.79 Å². The smallest absolute Gasteiger partial charge is 0.220 e. The summed E-state index contributed by atoms with van der Waals surface area (Å²) >= 11 is 0. The summed E-state index contributed by atoms with van der Waals surface area (Å²) in [6.07, 6.45) is -0.326. The maximum Gasteiger partial charge on any atom is 0.220 e. The number of para-hydroxylation sites is 1. The highest BCUT2D eigenvalue weighted by molar-refractivity contribution is 6.04. The molecule has 0 saturated heterocycles. The Morgan fingerprint density at radius 1 is 1.12 bits per heavy atom. The number of guanidine groups is 2. The van der Waals surface area contributed by atoms with E-state index in [-0.39, 0.29) is 17.9 Å². The fourth-order valence-electron chi connectivity index (χ4n) is 2.62. The molecule has 1 unspecified atom stereocenters. The van der Waals surface area contributed by atoms with E-state index in [4.69, 9.17) is 11.5 Å². The van der Waals surface area contributed by atoms with Gasteiger partial charge in [-0.05, 0) is 43.3 Å². The lowest BCUT2D eigenvalue weighted by Crippen LogP contribution is -2.51. The van der Waals surface area contributed by atoms with Crippen LogP contribution < -0.4 is 21.7 Å². The third-order valence-corrected chi connectivity index (χ3v) is 3.87. The first kappa shape index (κ1) is 16.5. The molecule has 0 spiro atoms. The number of ketones is 1. The molecule has 1 aliphatic rings. The molecule has 0 fully saturated rings. The largest absolute Gasteiger partial charge is 0.381 e. The number of hydrogen-bond acceptors (Lipinski definition) is 7. The standard InChI is InChI=1S/C18H20N6O/c1-12(25)13-7-9-14(10-8-13)21-11-16-22-17(19)23-18(20)24(16)15-5-3-2-4-6-15/h2-10,16,21H,11H2,1H3,(H4,19,20,22,23). The zero-order valence-electron chi connectivity index (χ0n) is 13.9. The van der Waals surface area contributed by atoms with Crippen LogP contribution in [-0.4, -0.2) is 30.4 Å². The van der Waals surface area contributed by atoms with E-state index in [1.165, 1.54) is 0 Å². The maximum atomic E-state index is 11.3. The Morgan fingerprint density at radius 2 is 1.80 bits per heavy atom. The molecule has 7 heteroatoms. The Kier molecular flexibility index (Phi) is 4.65. The summed E-state index contributed by atoms with van der Waals surface area (Å²) in [5.41, 5.74) is 14.3. The molecule has 1 aliphatic heterocycles. The summed E-state index contributed by atoms with van der Waals surface area (Å²) in [7, 11) is 0. The third kappa shape index (κ3) is 3.77. The second kappa shape index (κ2) is 7.04. The van der Waals surface area contributed by atoms with E-state index in [1.807, 2.05) is 47.4 Å². The average molecular weight is 336 g/mol. The molecule has 0 radical (unpaired) electrons. The van der Waals surface area contributed by atoms with Crippen molar-refractivity contribution in [3.8, 4) is 0 Å². The van der Waals surface area contributed by atoms with Gasteiger partial charge >= 0.3 is 0 Å². The average Bonchev–Trinajstić information content (AvgIpc) is 2.60. The van der Waals surface area contributed by atoms with Crippen molar-refractivity contribution in [2.45, 2.75) is 13.1 Å². The first-order valence-corrected chi connectivity index (χ1v) is 7.91. The lowest BCUT2D eigenvalue weighted by Gasteiger charge is -2.32. The van der Waals surface area contributed by atoms with Crippen molar-refractivity contribution in [3.05, 3.63) is 60.2 Å². The number of carbonyl (C=O) groups is 1. The van der Waals surface area contributed by atoms with Gasteiger partial charge < -0.3 is 16.8 Å². The molecule has 3 rings (SSSR count). The van der Waals surface area contributed by atoms with Crippen molar-refractivity contribution in [1.82, 2.24) is 0 Å². The summed E-state index contributed by atoms with van der Waals surface area (Å²) in [6.45, 7) is 2.02. The lowest BCUT2D eigenvalue weighted by molar-refractivity contribution is 0.101. The highest BCUT2D eigenvalue weighted by Gasteiger charge is 2.25. The van der Waals surface area contributed by atoms with Gasteiger partial charge in [-0.25, -0.2) is 4.99 Å². The summed E-state index contributed by atoms with van der Waals surface area (Å²) in [4.78, 5) is 21.6. The molecule has 0 bridgehead atoms. The summed E-state index contributed by atoms with van der Waals surface area (Å²) < 4.78 is 0. The fourth-order valence-corrected chi connectivity index (χ4v) is 2.62. The van der Waals surface area contributed by atoms with Crippen LogP contribution in [0.2, 0.25) is 0 Å². The zero-order valence-corrected chi connectivity index (χ0v) is 13.9. The quantitative estimate of drug-likeness (QED) is 0.721. The Hall–Kier alpha value is -3.35. The van der Waals surface area contributed by atoms with Gasteiger partial charge in [0, 0.05) is 16.9 Å². The van der Waals surface area contributed by atoms with Crippen LogP contribution in [0.3, 0.4) is 0 Å². The molecule has 25 heavy (non-hydrogen) atoms. The SMILES string of the molecule is CC(=O)c1ccc(NCC2N=C(N)N=C(N)N2c2ccccc2)cc1. The first-order valence-electron chi connectivity index (χ1n) is 7.91. The number of benzene rings is 2. The Bertz CT molecular complexity index is 813. The number of anilines is 2. The van der Waals surface area contributed by atoms with Crippen molar-refractivity contribution in [3.63, 3.8) is 0 Å². The number of nitrogens with one attached hydrogen (secondary N) is 1. The van der Waals surface area contributed by atoms with Crippen LogP contribution >= 0.6 is 0 Å². The van der Waals surface area contributed by atoms with Crippen molar-refractivity contribution in [2.75, 3.05) is 16.8 Å². The van der Waals surface area contributed by atoms with E-state index in [9.17, 15) is 4.79 Å².